The fourth-order valence-corrected chi connectivity index (χ4v) is 3.18. The number of carbonyl (C=O) groups is 1. The van der Waals surface area contributed by atoms with E-state index in [-0.39, 0.29) is 17.6 Å². The molecule has 0 saturated carbocycles. The van der Waals surface area contributed by atoms with Crippen LogP contribution in [0.25, 0.3) is 5.65 Å². The first kappa shape index (κ1) is 16.9. The minimum atomic E-state index is -0.0761. The molecule has 2 aromatic heterocycles. The summed E-state index contributed by atoms with van der Waals surface area (Å²) in [6, 6.07) is 11.2. The minimum absolute atomic E-state index is 0.0761. The SMILES string of the molecule is CC(C)c1nnc2ccc(SCC(=O)Nc3cccc(Br)c3)nn12. The first-order valence-corrected chi connectivity index (χ1v) is 9.21. The van der Waals surface area contributed by atoms with Crippen LogP contribution in [-0.4, -0.2) is 31.5 Å². The number of aromatic nitrogens is 4. The van der Waals surface area contributed by atoms with Crippen LogP contribution in [0.3, 0.4) is 0 Å². The van der Waals surface area contributed by atoms with Crippen LogP contribution in [0.1, 0.15) is 25.6 Å². The third-order valence-electron chi connectivity index (χ3n) is 3.24. The van der Waals surface area contributed by atoms with Crippen LogP contribution in [0.4, 0.5) is 5.69 Å². The molecule has 1 amide bonds. The molecular formula is C16H16BrN5OS. The Morgan fingerprint density at radius 2 is 2.12 bits per heavy atom. The van der Waals surface area contributed by atoms with Gasteiger partial charge in [0.2, 0.25) is 5.91 Å². The van der Waals surface area contributed by atoms with Gasteiger partial charge >= 0.3 is 0 Å². The second-order valence-corrected chi connectivity index (χ2v) is 7.41. The molecule has 1 aromatic carbocycles. The van der Waals surface area contributed by atoms with E-state index >= 15 is 0 Å². The number of hydrogen-bond acceptors (Lipinski definition) is 5. The normalized spacial score (nSPS) is 11.2. The highest BCUT2D eigenvalue weighted by Gasteiger charge is 2.12. The smallest absolute Gasteiger partial charge is 0.234 e. The number of rotatable bonds is 5. The van der Waals surface area contributed by atoms with Crippen molar-refractivity contribution in [3.05, 3.63) is 46.7 Å². The summed E-state index contributed by atoms with van der Waals surface area (Å²) in [5.41, 5.74) is 1.47. The summed E-state index contributed by atoms with van der Waals surface area (Å²) in [6.45, 7) is 4.09. The zero-order valence-electron chi connectivity index (χ0n) is 13.2. The topological polar surface area (TPSA) is 72.2 Å². The molecule has 3 aromatic rings. The van der Waals surface area contributed by atoms with Gasteiger partial charge in [0.15, 0.2) is 11.5 Å². The van der Waals surface area contributed by atoms with Gasteiger partial charge in [0.25, 0.3) is 0 Å². The number of carbonyl (C=O) groups excluding carboxylic acids is 1. The Kier molecular flexibility index (Phi) is 5.15. The molecule has 0 saturated heterocycles. The summed E-state index contributed by atoms with van der Waals surface area (Å²) < 4.78 is 2.66. The lowest BCUT2D eigenvalue weighted by Gasteiger charge is -2.06. The van der Waals surface area contributed by atoms with Gasteiger partial charge in [0, 0.05) is 16.1 Å². The molecule has 6 nitrogen and oxygen atoms in total. The van der Waals surface area contributed by atoms with Crippen molar-refractivity contribution in [1.82, 2.24) is 19.8 Å². The Morgan fingerprint density at radius 1 is 1.29 bits per heavy atom. The van der Waals surface area contributed by atoms with Crippen molar-refractivity contribution in [3.8, 4) is 0 Å². The molecule has 124 valence electrons. The van der Waals surface area contributed by atoms with Crippen LogP contribution in [-0.2, 0) is 4.79 Å². The van der Waals surface area contributed by atoms with Crippen LogP contribution in [0, 0.1) is 0 Å². The number of anilines is 1. The lowest BCUT2D eigenvalue weighted by atomic mass is 10.2. The van der Waals surface area contributed by atoms with E-state index in [2.05, 4.69) is 36.5 Å². The fourth-order valence-electron chi connectivity index (χ4n) is 2.13. The Bertz CT molecular complexity index is 880. The Hall–Kier alpha value is -1.93. The van der Waals surface area contributed by atoms with Crippen molar-refractivity contribution in [2.75, 3.05) is 11.1 Å². The van der Waals surface area contributed by atoms with E-state index in [0.717, 1.165) is 21.0 Å². The molecule has 0 aliphatic heterocycles. The summed E-state index contributed by atoms with van der Waals surface area (Å²) in [4.78, 5) is 12.1. The van der Waals surface area contributed by atoms with Crippen molar-refractivity contribution in [2.45, 2.75) is 24.8 Å². The number of fused-ring (bicyclic) bond motifs is 1. The lowest BCUT2D eigenvalue weighted by molar-refractivity contribution is -0.113. The van der Waals surface area contributed by atoms with E-state index in [1.54, 1.807) is 4.52 Å². The average Bonchev–Trinajstić information content (AvgIpc) is 2.96. The molecule has 0 aliphatic carbocycles. The number of hydrogen-bond donors (Lipinski definition) is 1. The predicted molar refractivity (Wildman–Crippen MR) is 98.4 cm³/mol. The number of amides is 1. The van der Waals surface area contributed by atoms with Gasteiger partial charge in [-0.25, -0.2) is 0 Å². The molecule has 2 heterocycles. The highest BCUT2D eigenvalue weighted by atomic mass is 79.9. The van der Waals surface area contributed by atoms with Gasteiger partial charge in [-0.05, 0) is 30.3 Å². The molecule has 0 bridgehead atoms. The highest BCUT2D eigenvalue weighted by Crippen LogP contribution is 2.20. The van der Waals surface area contributed by atoms with Gasteiger partial charge in [-0.3, -0.25) is 4.79 Å². The van der Waals surface area contributed by atoms with Gasteiger partial charge < -0.3 is 5.32 Å². The highest BCUT2D eigenvalue weighted by molar-refractivity contribution is 9.10. The Balaban J connectivity index is 1.66. The number of nitrogens with zero attached hydrogens (tertiary/aromatic N) is 4. The fraction of sp³-hybridized carbons (Fsp3) is 0.250. The second-order valence-electron chi connectivity index (χ2n) is 5.50. The third kappa shape index (κ3) is 3.93. The van der Waals surface area contributed by atoms with Crippen molar-refractivity contribution in [2.24, 2.45) is 0 Å². The van der Waals surface area contributed by atoms with Gasteiger partial charge in [0.1, 0.15) is 5.03 Å². The van der Waals surface area contributed by atoms with E-state index in [1.807, 2.05) is 50.2 Å². The van der Waals surface area contributed by atoms with Crippen LogP contribution < -0.4 is 5.32 Å². The van der Waals surface area contributed by atoms with Crippen LogP contribution in [0.2, 0.25) is 0 Å². The Morgan fingerprint density at radius 3 is 2.88 bits per heavy atom. The van der Waals surface area contributed by atoms with Crippen molar-refractivity contribution < 1.29 is 4.79 Å². The minimum Gasteiger partial charge on any atom is -0.325 e. The van der Waals surface area contributed by atoms with Crippen LogP contribution >= 0.6 is 27.7 Å². The summed E-state index contributed by atoms with van der Waals surface area (Å²) in [5, 5.41) is 16.4. The molecule has 8 heteroatoms. The first-order chi connectivity index (χ1) is 11.5. The quantitative estimate of drug-likeness (QED) is 0.654. The summed E-state index contributed by atoms with van der Waals surface area (Å²) in [7, 11) is 0. The largest absolute Gasteiger partial charge is 0.325 e. The van der Waals surface area contributed by atoms with Crippen LogP contribution in [0.5, 0.6) is 0 Å². The van der Waals surface area contributed by atoms with E-state index < -0.39 is 0 Å². The maximum Gasteiger partial charge on any atom is 0.234 e. The number of thioether (sulfide) groups is 1. The molecular weight excluding hydrogens is 390 g/mol. The standard InChI is InChI=1S/C16H16BrN5OS/c1-10(2)16-20-19-13-6-7-15(21-22(13)16)24-9-14(23)18-12-5-3-4-11(17)8-12/h3-8,10H,9H2,1-2H3,(H,18,23). The van der Waals surface area contributed by atoms with Crippen molar-refractivity contribution >= 4 is 44.9 Å². The number of nitrogens with one attached hydrogen (secondary N) is 1. The number of benzene rings is 1. The second kappa shape index (κ2) is 7.31. The van der Waals surface area contributed by atoms with Crippen molar-refractivity contribution in [3.63, 3.8) is 0 Å². The average molecular weight is 406 g/mol. The van der Waals surface area contributed by atoms with Gasteiger partial charge in [-0.1, -0.05) is 47.6 Å². The first-order valence-electron chi connectivity index (χ1n) is 7.43. The lowest BCUT2D eigenvalue weighted by Crippen LogP contribution is -2.14. The third-order valence-corrected chi connectivity index (χ3v) is 4.65. The van der Waals surface area contributed by atoms with E-state index in [9.17, 15) is 4.79 Å². The zero-order valence-corrected chi connectivity index (χ0v) is 15.6. The molecule has 0 radical (unpaired) electrons. The molecule has 0 spiro atoms. The molecule has 24 heavy (non-hydrogen) atoms. The van der Waals surface area contributed by atoms with Crippen LogP contribution in [0.15, 0.2) is 45.9 Å². The van der Waals surface area contributed by atoms with E-state index in [4.69, 9.17) is 0 Å². The number of halogens is 1. The molecule has 0 fully saturated rings. The summed E-state index contributed by atoms with van der Waals surface area (Å²) in [5.74, 6) is 1.25. The zero-order chi connectivity index (χ0) is 17.1. The molecule has 0 atom stereocenters. The summed E-state index contributed by atoms with van der Waals surface area (Å²) >= 11 is 4.76. The predicted octanol–water partition coefficient (Wildman–Crippen LogP) is 3.74. The maximum absolute atomic E-state index is 12.1. The molecule has 0 aliphatic rings. The van der Waals surface area contributed by atoms with Gasteiger partial charge in [-0.2, -0.15) is 9.61 Å². The molecule has 3 rings (SSSR count). The Labute approximate surface area is 152 Å². The van der Waals surface area contributed by atoms with E-state index in [1.165, 1.54) is 11.8 Å². The molecule has 0 unspecified atom stereocenters. The summed E-state index contributed by atoms with van der Waals surface area (Å²) in [6.07, 6.45) is 0. The molecule has 1 N–H and O–H groups in total. The van der Waals surface area contributed by atoms with Crippen molar-refractivity contribution in [1.29, 1.82) is 0 Å². The van der Waals surface area contributed by atoms with Gasteiger partial charge in [0.05, 0.1) is 5.75 Å². The maximum atomic E-state index is 12.1. The van der Waals surface area contributed by atoms with E-state index in [0.29, 0.717) is 5.65 Å². The monoisotopic (exact) mass is 405 g/mol. The van der Waals surface area contributed by atoms with Gasteiger partial charge in [-0.15, -0.1) is 10.2 Å².